The smallest absolute Gasteiger partial charge is 0.251 e. The van der Waals surface area contributed by atoms with Gasteiger partial charge in [0.05, 0.1) is 4.90 Å². The monoisotopic (exact) mass is 435 g/mol. The Kier molecular flexibility index (Phi) is 6.33. The quantitative estimate of drug-likeness (QED) is 0.800. The van der Waals surface area contributed by atoms with Crippen LogP contribution in [0, 0.1) is 11.8 Å². The first-order valence-electron chi connectivity index (χ1n) is 9.49. The van der Waals surface area contributed by atoms with Gasteiger partial charge in [0.25, 0.3) is 5.91 Å². The molecule has 29 heavy (non-hydrogen) atoms. The molecule has 1 amide bonds. The Hall–Kier alpha value is -1.93. The molecular formula is C21H26ClN3O3S. The normalized spacial score (nSPS) is 24.7. The highest BCUT2D eigenvalue weighted by Gasteiger charge is 2.49. The number of nitrogens with zero attached hydrogens (tertiary/aromatic N) is 2. The van der Waals surface area contributed by atoms with Crippen molar-refractivity contribution in [2.45, 2.75) is 10.9 Å². The van der Waals surface area contributed by atoms with Gasteiger partial charge in [-0.05, 0) is 42.6 Å². The van der Waals surface area contributed by atoms with Crippen LogP contribution in [0.5, 0.6) is 0 Å². The van der Waals surface area contributed by atoms with Gasteiger partial charge in [0.2, 0.25) is 10.0 Å². The zero-order valence-corrected chi connectivity index (χ0v) is 18.1. The van der Waals surface area contributed by atoms with E-state index in [4.69, 9.17) is 0 Å². The van der Waals surface area contributed by atoms with Gasteiger partial charge in [-0.15, -0.1) is 12.4 Å². The molecule has 2 aromatic rings. The van der Waals surface area contributed by atoms with Crippen molar-refractivity contribution in [3.63, 3.8) is 0 Å². The minimum atomic E-state index is -3.63. The fourth-order valence-corrected chi connectivity index (χ4v) is 6.24. The molecule has 2 aliphatic rings. The van der Waals surface area contributed by atoms with Crippen molar-refractivity contribution in [3.05, 3.63) is 65.7 Å². The number of carbonyl (C=O) groups is 1. The summed E-state index contributed by atoms with van der Waals surface area (Å²) in [6.07, 6.45) is 0. The molecule has 0 bridgehead atoms. The number of carbonyl (C=O) groups excluding carboxylic acids is 1. The van der Waals surface area contributed by atoms with Crippen LogP contribution in [0.25, 0.3) is 0 Å². The predicted molar refractivity (Wildman–Crippen MR) is 115 cm³/mol. The summed E-state index contributed by atoms with van der Waals surface area (Å²) < 4.78 is 28.1. The van der Waals surface area contributed by atoms with Crippen LogP contribution in [0.3, 0.4) is 0 Å². The summed E-state index contributed by atoms with van der Waals surface area (Å²) in [5, 5.41) is 2.54. The van der Waals surface area contributed by atoms with E-state index >= 15 is 0 Å². The Bertz CT molecular complexity index is 984. The molecule has 6 nitrogen and oxygen atoms in total. The molecule has 0 aliphatic carbocycles. The van der Waals surface area contributed by atoms with Gasteiger partial charge in [0.15, 0.2) is 0 Å². The Morgan fingerprint density at radius 1 is 1.03 bits per heavy atom. The van der Waals surface area contributed by atoms with E-state index in [9.17, 15) is 13.2 Å². The number of benzene rings is 2. The van der Waals surface area contributed by atoms with Gasteiger partial charge in [-0.25, -0.2) is 8.42 Å². The summed E-state index contributed by atoms with van der Waals surface area (Å²) in [5.41, 5.74) is 1.59. The summed E-state index contributed by atoms with van der Waals surface area (Å²) in [6.45, 7) is 1.90. The predicted octanol–water partition coefficient (Wildman–Crippen LogP) is 2.39. The number of rotatable bonds is 4. The van der Waals surface area contributed by atoms with Gasteiger partial charge in [-0.2, -0.15) is 4.31 Å². The first-order valence-corrected chi connectivity index (χ1v) is 10.9. The van der Waals surface area contributed by atoms with Crippen LogP contribution < -0.4 is 5.32 Å². The molecule has 2 aliphatic heterocycles. The molecule has 3 atom stereocenters. The highest BCUT2D eigenvalue weighted by molar-refractivity contribution is 7.89. The fraction of sp³-hybridized carbons (Fsp3) is 0.381. The molecule has 2 fully saturated rings. The molecule has 2 aromatic carbocycles. The SMILES string of the molecule is CNC(=O)c1cccc(S(=O)(=O)N2C[C@@H]3CN(C)[C@@H](c4ccccc4)[C@@H]3C2)c1.Cl. The van der Waals surface area contributed by atoms with Crippen LogP contribution in [-0.4, -0.2) is 57.3 Å². The van der Waals surface area contributed by atoms with Crippen LogP contribution in [0.1, 0.15) is 22.0 Å². The number of hydrogen-bond donors (Lipinski definition) is 1. The second-order valence-corrected chi connectivity index (χ2v) is 9.59. The largest absolute Gasteiger partial charge is 0.355 e. The van der Waals surface area contributed by atoms with E-state index in [1.54, 1.807) is 22.5 Å². The van der Waals surface area contributed by atoms with E-state index < -0.39 is 10.0 Å². The van der Waals surface area contributed by atoms with E-state index in [1.165, 1.54) is 18.7 Å². The maximum atomic E-state index is 13.2. The molecule has 156 valence electrons. The van der Waals surface area contributed by atoms with E-state index in [0.29, 0.717) is 24.6 Å². The van der Waals surface area contributed by atoms with Crippen LogP contribution in [0.2, 0.25) is 0 Å². The Morgan fingerprint density at radius 2 is 1.76 bits per heavy atom. The molecular weight excluding hydrogens is 410 g/mol. The number of likely N-dealkylation sites (tertiary alicyclic amines) is 1. The van der Waals surface area contributed by atoms with Gasteiger partial charge in [-0.1, -0.05) is 36.4 Å². The molecule has 0 radical (unpaired) electrons. The second-order valence-electron chi connectivity index (χ2n) is 7.65. The summed E-state index contributed by atoms with van der Waals surface area (Å²) in [6, 6.07) is 16.8. The van der Waals surface area contributed by atoms with Crippen molar-refractivity contribution < 1.29 is 13.2 Å². The molecule has 0 unspecified atom stereocenters. The Labute approximate surface area is 178 Å². The van der Waals surface area contributed by atoms with Crippen LogP contribution in [0.4, 0.5) is 0 Å². The highest BCUT2D eigenvalue weighted by Crippen LogP contribution is 2.45. The lowest BCUT2D eigenvalue weighted by atomic mass is 9.90. The lowest BCUT2D eigenvalue weighted by Crippen LogP contribution is -2.33. The molecule has 1 N–H and O–H groups in total. The number of amides is 1. The van der Waals surface area contributed by atoms with Crippen LogP contribution in [-0.2, 0) is 10.0 Å². The number of fused-ring (bicyclic) bond motifs is 1. The summed E-state index contributed by atoms with van der Waals surface area (Å²) >= 11 is 0. The summed E-state index contributed by atoms with van der Waals surface area (Å²) in [4.78, 5) is 14.4. The molecule has 0 aromatic heterocycles. The Balaban J connectivity index is 0.00000240. The maximum Gasteiger partial charge on any atom is 0.251 e. The molecule has 0 spiro atoms. The fourth-order valence-electron chi connectivity index (χ4n) is 4.66. The second kappa shape index (κ2) is 8.44. The number of halogens is 1. The Morgan fingerprint density at radius 3 is 2.45 bits per heavy atom. The standard InChI is InChI=1S/C21H25N3O3S.ClH/c1-22-21(25)16-9-6-10-18(11-16)28(26,27)24-13-17-12-23(2)20(19(17)14-24)15-7-4-3-5-8-15;/h3-11,17,19-20H,12-14H2,1-2H3,(H,22,25);1H/t17-,19+,20-;/m0./s1. The van der Waals surface area contributed by atoms with Crippen molar-refractivity contribution >= 4 is 28.3 Å². The van der Waals surface area contributed by atoms with Crippen molar-refractivity contribution in [3.8, 4) is 0 Å². The average Bonchev–Trinajstić information content (AvgIpc) is 3.25. The van der Waals surface area contributed by atoms with Gasteiger partial charge in [0, 0.05) is 38.3 Å². The molecule has 4 rings (SSSR count). The number of sulfonamides is 1. The topological polar surface area (TPSA) is 69.7 Å². The van der Waals surface area contributed by atoms with Gasteiger partial charge in [-0.3, -0.25) is 9.69 Å². The molecule has 2 heterocycles. The minimum absolute atomic E-state index is 0. The summed E-state index contributed by atoms with van der Waals surface area (Å²) in [5.74, 6) is 0.289. The van der Waals surface area contributed by atoms with Crippen molar-refractivity contribution in [2.24, 2.45) is 11.8 Å². The third-order valence-electron chi connectivity index (χ3n) is 5.96. The van der Waals surface area contributed by atoms with E-state index in [-0.39, 0.29) is 35.2 Å². The van der Waals surface area contributed by atoms with Crippen LogP contribution >= 0.6 is 12.4 Å². The maximum absolute atomic E-state index is 13.2. The van der Waals surface area contributed by atoms with Gasteiger partial charge < -0.3 is 5.32 Å². The van der Waals surface area contributed by atoms with Crippen molar-refractivity contribution in [2.75, 3.05) is 33.7 Å². The third-order valence-corrected chi connectivity index (χ3v) is 7.79. The van der Waals surface area contributed by atoms with E-state index in [0.717, 1.165) is 6.54 Å². The van der Waals surface area contributed by atoms with Crippen molar-refractivity contribution in [1.82, 2.24) is 14.5 Å². The van der Waals surface area contributed by atoms with E-state index in [1.807, 2.05) is 18.2 Å². The average molecular weight is 436 g/mol. The van der Waals surface area contributed by atoms with E-state index in [2.05, 4.69) is 29.4 Å². The summed E-state index contributed by atoms with van der Waals surface area (Å²) in [7, 11) is 0.0126. The number of nitrogens with one attached hydrogen (secondary N) is 1. The highest BCUT2D eigenvalue weighted by atomic mass is 35.5. The zero-order valence-electron chi connectivity index (χ0n) is 16.5. The number of hydrogen-bond acceptors (Lipinski definition) is 4. The first kappa shape index (κ1) is 21.8. The van der Waals surface area contributed by atoms with Gasteiger partial charge in [0.1, 0.15) is 0 Å². The lowest BCUT2D eigenvalue weighted by molar-refractivity contribution is 0.0963. The molecule has 0 saturated carbocycles. The zero-order chi connectivity index (χ0) is 19.9. The third kappa shape index (κ3) is 3.92. The van der Waals surface area contributed by atoms with Crippen LogP contribution in [0.15, 0.2) is 59.5 Å². The molecule has 8 heteroatoms. The van der Waals surface area contributed by atoms with Crippen molar-refractivity contribution in [1.29, 1.82) is 0 Å². The lowest BCUT2D eigenvalue weighted by Gasteiger charge is -2.26. The minimum Gasteiger partial charge on any atom is -0.355 e. The van der Waals surface area contributed by atoms with Gasteiger partial charge >= 0.3 is 0 Å². The first-order chi connectivity index (χ1) is 13.4. The molecule has 2 saturated heterocycles.